The van der Waals surface area contributed by atoms with Gasteiger partial charge in [0.25, 0.3) is 0 Å². The van der Waals surface area contributed by atoms with E-state index in [9.17, 15) is 4.57 Å². The van der Waals surface area contributed by atoms with Crippen LogP contribution in [0.15, 0.2) is 0 Å². The summed E-state index contributed by atoms with van der Waals surface area (Å²) in [6.45, 7) is 7.26. The van der Waals surface area contributed by atoms with E-state index in [-0.39, 0.29) is 24.0 Å². The van der Waals surface area contributed by atoms with E-state index in [0.29, 0.717) is 0 Å². The summed E-state index contributed by atoms with van der Waals surface area (Å²) in [7, 11) is -4.87. The quantitative estimate of drug-likeness (QED) is 0.558. The van der Waals surface area contributed by atoms with Crippen molar-refractivity contribution in [3.8, 4) is 0 Å². The molecule has 0 aliphatic carbocycles. The minimum absolute atomic E-state index is 0. The van der Waals surface area contributed by atoms with Gasteiger partial charge in [0.2, 0.25) is 0 Å². The Morgan fingerprint density at radius 3 is 2.23 bits per heavy atom. The van der Waals surface area contributed by atoms with Crippen LogP contribution in [0, 0.1) is 0 Å². The van der Waals surface area contributed by atoms with Gasteiger partial charge in [-0.1, -0.05) is 13.3 Å². The lowest BCUT2D eigenvalue weighted by atomic mass is 10.4. The molecule has 0 amide bonds. The van der Waals surface area contributed by atoms with Gasteiger partial charge in [0.1, 0.15) is 0 Å². The van der Waals surface area contributed by atoms with Gasteiger partial charge in [-0.15, -0.1) is 0 Å². The van der Waals surface area contributed by atoms with Crippen LogP contribution in [0.25, 0.3) is 0 Å². The Kier molecular flexibility index (Phi) is 8.66. The van der Waals surface area contributed by atoms with E-state index in [1.54, 1.807) is 0 Å². The average Bonchev–Trinajstić information content (AvgIpc) is 1.78. The predicted molar refractivity (Wildman–Crippen MR) is 55.4 cm³/mol. The first-order valence-electron chi connectivity index (χ1n) is 4.11. The van der Waals surface area contributed by atoms with E-state index in [2.05, 4.69) is 6.92 Å². The molecule has 0 aliphatic rings. The predicted octanol–water partition coefficient (Wildman–Crippen LogP) is -0.185. The normalized spacial score (nSPS) is 16.1. The Morgan fingerprint density at radius 2 is 1.92 bits per heavy atom. The number of halogens is 1. The van der Waals surface area contributed by atoms with Crippen molar-refractivity contribution in [1.29, 1.82) is 0 Å². The Labute approximate surface area is 98.6 Å². The van der Waals surface area contributed by atoms with Crippen LogP contribution < -0.4 is 24.0 Å². The summed E-state index contributed by atoms with van der Waals surface area (Å²) in [4.78, 5) is 9.01. The van der Waals surface area contributed by atoms with Crippen LogP contribution in [0.3, 0.4) is 0 Å². The summed E-state index contributed by atoms with van der Waals surface area (Å²) in [6, 6.07) is 0. The van der Waals surface area contributed by atoms with Crippen molar-refractivity contribution in [3.63, 3.8) is 0 Å². The van der Waals surface area contributed by atoms with E-state index < -0.39 is 15.1 Å². The first-order valence-corrected chi connectivity index (χ1v) is 8.92. The van der Waals surface area contributed by atoms with Crippen LogP contribution in [0.4, 0.5) is 0 Å². The van der Waals surface area contributed by atoms with Crippen LogP contribution in [-0.4, -0.2) is 31.0 Å². The SMILES string of the molecule is CCCC[P+](C)(C)OP(C)(=O)O.[I-]. The molecule has 3 nitrogen and oxygen atoms in total. The van der Waals surface area contributed by atoms with Crippen molar-refractivity contribution in [3.05, 3.63) is 0 Å². The van der Waals surface area contributed by atoms with Gasteiger partial charge >= 0.3 is 7.60 Å². The van der Waals surface area contributed by atoms with Gasteiger partial charge in [-0.2, -0.15) is 4.31 Å². The summed E-state index contributed by atoms with van der Waals surface area (Å²) in [5.41, 5.74) is 0. The molecule has 0 saturated carbocycles. The molecule has 0 aliphatic heterocycles. The second-order valence-corrected chi connectivity index (χ2v) is 9.39. The number of unbranched alkanes of at least 4 members (excludes halogenated alkanes) is 1. The molecule has 0 aromatic carbocycles. The Morgan fingerprint density at radius 1 is 1.46 bits per heavy atom. The lowest BCUT2D eigenvalue weighted by Crippen LogP contribution is -3.00. The maximum Gasteiger partial charge on any atom is 0.358 e. The minimum atomic E-state index is -3.28. The zero-order valence-electron chi connectivity index (χ0n) is 8.66. The maximum atomic E-state index is 11.0. The average molecular weight is 340 g/mol. The van der Waals surface area contributed by atoms with Crippen LogP contribution in [0.5, 0.6) is 0 Å². The topological polar surface area (TPSA) is 46.5 Å². The molecule has 1 atom stereocenters. The molecule has 0 radical (unpaired) electrons. The summed E-state index contributed by atoms with van der Waals surface area (Å²) >= 11 is 0. The van der Waals surface area contributed by atoms with Crippen molar-refractivity contribution in [2.24, 2.45) is 0 Å². The molecule has 13 heavy (non-hydrogen) atoms. The monoisotopic (exact) mass is 340 g/mol. The van der Waals surface area contributed by atoms with Gasteiger partial charge in [0.15, 0.2) is 7.49 Å². The second kappa shape index (κ2) is 6.73. The van der Waals surface area contributed by atoms with Gasteiger partial charge in [-0.3, -0.25) is 4.57 Å². The van der Waals surface area contributed by atoms with E-state index in [1.165, 1.54) is 6.66 Å². The molecule has 0 aromatic rings. The molecule has 0 heterocycles. The fourth-order valence-corrected chi connectivity index (χ4v) is 5.68. The third-order valence-electron chi connectivity index (χ3n) is 1.42. The molecular weight excluding hydrogens is 321 g/mol. The highest BCUT2D eigenvalue weighted by molar-refractivity contribution is 7.76. The summed E-state index contributed by atoms with van der Waals surface area (Å²) < 4.78 is 16.1. The van der Waals surface area contributed by atoms with Crippen LogP contribution in [0.2, 0.25) is 0 Å². The lowest BCUT2D eigenvalue weighted by Gasteiger charge is -2.17. The van der Waals surface area contributed by atoms with E-state index in [1.807, 2.05) is 13.3 Å². The zero-order valence-corrected chi connectivity index (χ0v) is 12.6. The smallest absolute Gasteiger partial charge is 0.358 e. The Balaban J connectivity index is 0. The molecule has 0 rings (SSSR count). The van der Waals surface area contributed by atoms with Crippen molar-refractivity contribution < 1.29 is 37.7 Å². The van der Waals surface area contributed by atoms with Crippen LogP contribution in [-0.2, 0) is 8.88 Å². The summed E-state index contributed by atoms with van der Waals surface area (Å²) in [6.07, 6.45) is 3.11. The third-order valence-corrected chi connectivity index (χ3v) is 5.80. The highest BCUT2D eigenvalue weighted by Gasteiger charge is 2.33. The number of rotatable bonds is 5. The molecule has 1 unspecified atom stereocenters. The largest absolute Gasteiger partial charge is 1.00 e. The standard InChI is InChI=1S/C7H18O3P2.HI/c1-5-6-7-11(2,3)10-12(4,8)9;/h5-7H2,1-4H3;1H. The molecule has 1 N–H and O–H groups in total. The third kappa shape index (κ3) is 11.2. The highest BCUT2D eigenvalue weighted by Crippen LogP contribution is 2.63. The van der Waals surface area contributed by atoms with Gasteiger partial charge in [-0.05, 0) is 6.42 Å². The van der Waals surface area contributed by atoms with Crippen LogP contribution >= 0.6 is 15.1 Å². The molecule has 0 saturated heterocycles. The van der Waals surface area contributed by atoms with Gasteiger partial charge in [-0.25, -0.2) is 0 Å². The summed E-state index contributed by atoms with van der Waals surface area (Å²) in [5, 5.41) is 0. The van der Waals surface area contributed by atoms with Crippen molar-refractivity contribution >= 4 is 15.1 Å². The van der Waals surface area contributed by atoms with Gasteiger partial charge in [0, 0.05) is 6.66 Å². The van der Waals surface area contributed by atoms with Crippen molar-refractivity contribution in [2.45, 2.75) is 19.8 Å². The Bertz CT molecular complexity index is 179. The maximum absolute atomic E-state index is 11.0. The van der Waals surface area contributed by atoms with Gasteiger partial charge < -0.3 is 28.9 Å². The molecule has 0 fully saturated rings. The molecule has 0 aromatic heterocycles. The first-order chi connectivity index (χ1) is 5.27. The lowest BCUT2D eigenvalue weighted by molar-refractivity contribution is -0.00000789. The minimum Gasteiger partial charge on any atom is -1.00 e. The van der Waals surface area contributed by atoms with Gasteiger partial charge in [0.05, 0.1) is 19.5 Å². The van der Waals surface area contributed by atoms with Crippen molar-refractivity contribution in [1.82, 2.24) is 0 Å². The van der Waals surface area contributed by atoms with E-state index in [0.717, 1.165) is 19.0 Å². The fourth-order valence-electron chi connectivity index (χ4n) is 0.990. The van der Waals surface area contributed by atoms with E-state index >= 15 is 0 Å². The number of hydrogen-bond acceptors (Lipinski definition) is 2. The molecular formula is C7H19IO3P2. The molecule has 0 bridgehead atoms. The molecule has 6 heteroatoms. The van der Waals surface area contributed by atoms with Crippen molar-refractivity contribution in [2.75, 3.05) is 26.2 Å². The highest BCUT2D eigenvalue weighted by atomic mass is 127. The zero-order chi connectivity index (χ0) is 9.83. The second-order valence-electron chi connectivity index (χ2n) is 3.54. The van der Waals surface area contributed by atoms with Crippen LogP contribution in [0.1, 0.15) is 19.8 Å². The van der Waals surface area contributed by atoms with E-state index in [4.69, 9.17) is 9.20 Å². The number of hydrogen-bond donors (Lipinski definition) is 1. The summed E-state index contributed by atoms with van der Waals surface area (Å²) in [5.74, 6) is 0. The fraction of sp³-hybridized carbons (Fsp3) is 1.00. The molecule has 82 valence electrons. The molecule has 0 spiro atoms. The Hall–Kier alpha value is 1.31. The first kappa shape index (κ1) is 16.7.